The van der Waals surface area contributed by atoms with Crippen LogP contribution in [0, 0.1) is 3.57 Å². The van der Waals surface area contributed by atoms with Gasteiger partial charge in [0.1, 0.15) is 11.4 Å². The van der Waals surface area contributed by atoms with Crippen LogP contribution in [0.5, 0.6) is 5.75 Å². The zero-order valence-electron chi connectivity index (χ0n) is 9.21. The Morgan fingerprint density at radius 1 is 1.47 bits per heavy atom. The second-order valence-electron chi connectivity index (χ2n) is 4.47. The number of methoxy groups -OCH3 is 1. The second-order valence-corrected chi connectivity index (χ2v) is 5.72. The first-order valence-corrected chi connectivity index (χ1v) is 6.11. The van der Waals surface area contributed by atoms with Gasteiger partial charge in [-0.25, -0.2) is 0 Å². The van der Waals surface area contributed by atoms with E-state index in [2.05, 4.69) is 48.6 Å². The average Bonchev–Trinajstić information content (AvgIpc) is 2.16. The van der Waals surface area contributed by atoms with E-state index in [0.717, 1.165) is 12.2 Å². The van der Waals surface area contributed by atoms with E-state index in [1.807, 2.05) is 6.07 Å². The normalized spacial score (nSPS) is 23.1. The van der Waals surface area contributed by atoms with Crippen LogP contribution < -0.4 is 4.74 Å². The van der Waals surface area contributed by atoms with E-state index in [1.54, 1.807) is 7.11 Å². The first kappa shape index (κ1) is 11.2. The summed E-state index contributed by atoms with van der Waals surface area (Å²) < 4.78 is 12.7. The summed E-state index contributed by atoms with van der Waals surface area (Å²) in [6, 6.07) is 6.23. The van der Waals surface area contributed by atoms with Crippen LogP contribution in [-0.4, -0.2) is 12.7 Å². The van der Waals surface area contributed by atoms with Gasteiger partial charge >= 0.3 is 0 Å². The third-order valence-electron chi connectivity index (χ3n) is 2.67. The van der Waals surface area contributed by atoms with Crippen LogP contribution in [0.4, 0.5) is 0 Å². The van der Waals surface area contributed by atoms with Gasteiger partial charge in [-0.05, 0) is 54.6 Å². The number of fused-ring (bicyclic) bond motifs is 1. The molecular weight excluding hydrogens is 303 g/mol. The third kappa shape index (κ3) is 2.28. The molecule has 1 aliphatic rings. The predicted molar refractivity (Wildman–Crippen MR) is 68.2 cm³/mol. The van der Waals surface area contributed by atoms with E-state index in [9.17, 15) is 0 Å². The number of ether oxygens (including phenoxy) is 2. The van der Waals surface area contributed by atoms with Crippen LogP contribution in [0.25, 0.3) is 0 Å². The number of halogens is 1. The van der Waals surface area contributed by atoms with Crippen LogP contribution in [0.2, 0.25) is 0 Å². The largest absolute Gasteiger partial charge is 0.487 e. The Morgan fingerprint density at radius 3 is 2.87 bits per heavy atom. The lowest BCUT2D eigenvalue weighted by atomic mass is 9.92. The summed E-state index contributed by atoms with van der Waals surface area (Å²) in [4.78, 5) is 0. The summed E-state index contributed by atoms with van der Waals surface area (Å²) in [6.45, 7) is 4.19. The summed E-state index contributed by atoms with van der Waals surface area (Å²) in [5.74, 6) is 0.957. The molecule has 0 aliphatic carbocycles. The van der Waals surface area contributed by atoms with Gasteiger partial charge < -0.3 is 9.47 Å². The lowest BCUT2D eigenvalue weighted by Crippen LogP contribution is -2.35. The molecule has 0 radical (unpaired) electrons. The number of rotatable bonds is 1. The highest BCUT2D eigenvalue weighted by Crippen LogP contribution is 2.41. The molecule has 1 atom stereocenters. The van der Waals surface area contributed by atoms with Crippen LogP contribution in [0.3, 0.4) is 0 Å². The van der Waals surface area contributed by atoms with E-state index >= 15 is 0 Å². The van der Waals surface area contributed by atoms with Crippen molar-refractivity contribution in [2.24, 2.45) is 0 Å². The minimum Gasteiger partial charge on any atom is -0.487 e. The fraction of sp³-hybridized carbons (Fsp3) is 0.500. The number of benzene rings is 1. The standard InChI is InChI=1S/C12H15IO2/c1-12(2)7-11(14-3)9-6-8(13)4-5-10(9)15-12/h4-6,11H,7H2,1-3H3. The van der Waals surface area contributed by atoms with Gasteiger partial charge in [-0.3, -0.25) is 0 Å². The maximum Gasteiger partial charge on any atom is 0.125 e. The second kappa shape index (κ2) is 3.94. The van der Waals surface area contributed by atoms with Gasteiger partial charge in [-0.1, -0.05) is 0 Å². The minimum atomic E-state index is -0.138. The van der Waals surface area contributed by atoms with E-state index in [4.69, 9.17) is 9.47 Å². The van der Waals surface area contributed by atoms with Crippen molar-refractivity contribution >= 4 is 22.6 Å². The third-order valence-corrected chi connectivity index (χ3v) is 3.34. The molecule has 1 aromatic carbocycles. The van der Waals surface area contributed by atoms with Gasteiger partial charge in [0.05, 0.1) is 6.10 Å². The maximum atomic E-state index is 5.92. The lowest BCUT2D eigenvalue weighted by Gasteiger charge is -2.37. The van der Waals surface area contributed by atoms with Gasteiger partial charge in [0, 0.05) is 22.7 Å². The molecule has 3 heteroatoms. The summed E-state index contributed by atoms with van der Waals surface area (Å²) in [5, 5.41) is 0. The molecule has 1 heterocycles. The molecule has 15 heavy (non-hydrogen) atoms. The van der Waals surface area contributed by atoms with Crippen molar-refractivity contribution in [1.29, 1.82) is 0 Å². The van der Waals surface area contributed by atoms with Crippen LogP contribution in [-0.2, 0) is 4.74 Å². The molecule has 0 fully saturated rings. The van der Waals surface area contributed by atoms with Gasteiger partial charge in [0.25, 0.3) is 0 Å². The Hall–Kier alpha value is -0.290. The fourth-order valence-corrected chi connectivity index (χ4v) is 2.49. The van der Waals surface area contributed by atoms with Crippen molar-refractivity contribution < 1.29 is 9.47 Å². The van der Waals surface area contributed by atoms with Crippen molar-refractivity contribution in [2.45, 2.75) is 32.0 Å². The van der Waals surface area contributed by atoms with Crippen LogP contribution in [0.15, 0.2) is 18.2 Å². The fourth-order valence-electron chi connectivity index (χ4n) is 1.97. The molecule has 0 bridgehead atoms. The number of hydrogen-bond donors (Lipinski definition) is 0. The van der Waals surface area contributed by atoms with Crippen LogP contribution in [0.1, 0.15) is 31.9 Å². The van der Waals surface area contributed by atoms with E-state index < -0.39 is 0 Å². The first-order valence-electron chi connectivity index (χ1n) is 5.03. The lowest BCUT2D eigenvalue weighted by molar-refractivity contribution is -0.0109. The van der Waals surface area contributed by atoms with Crippen LogP contribution >= 0.6 is 22.6 Å². The molecule has 0 amide bonds. The molecule has 0 saturated carbocycles. The quantitative estimate of drug-likeness (QED) is 0.738. The summed E-state index contributed by atoms with van der Waals surface area (Å²) in [6.07, 6.45) is 1.05. The Balaban J connectivity index is 2.44. The van der Waals surface area contributed by atoms with Crippen molar-refractivity contribution in [3.63, 3.8) is 0 Å². The van der Waals surface area contributed by atoms with Crippen molar-refractivity contribution in [1.82, 2.24) is 0 Å². The highest BCUT2D eigenvalue weighted by molar-refractivity contribution is 14.1. The zero-order chi connectivity index (χ0) is 11.1. The Kier molecular flexibility index (Phi) is 2.94. The molecule has 2 nitrogen and oxygen atoms in total. The first-order chi connectivity index (χ1) is 7.02. The highest BCUT2D eigenvalue weighted by atomic mass is 127. The minimum absolute atomic E-state index is 0.138. The Labute approximate surface area is 104 Å². The maximum absolute atomic E-state index is 5.92. The molecular formula is C12H15IO2. The molecule has 1 aliphatic heterocycles. The zero-order valence-corrected chi connectivity index (χ0v) is 11.4. The molecule has 0 spiro atoms. The van der Waals surface area contributed by atoms with Gasteiger partial charge in [-0.15, -0.1) is 0 Å². The summed E-state index contributed by atoms with van der Waals surface area (Å²) >= 11 is 2.31. The van der Waals surface area contributed by atoms with E-state index in [1.165, 1.54) is 9.13 Å². The summed E-state index contributed by atoms with van der Waals surface area (Å²) in [7, 11) is 1.76. The van der Waals surface area contributed by atoms with Crippen molar-refractivity contribution in [3.05, 3.63) is 27.3 Å². The van der Waals surface area contributed by atoms with E-state index in [0.29, 0.717) is 0 Å². The molecule has 82 valence electrons. The van der Waals surface area contributed by atoms with Gasteiger partial charge in [-0.2, -0.15) is 0 Å². The molecule has 0 N–H and O–H groups in total. The molecule has 0 aromatic heterocycles. The number of hydrogen-bond acceptors (Lipinski definition) is 2. The smallest absolute Gasteiger partial charge is 0.125 e. The molecule has 0 saturated heterocycles. The SMILES string of the molecule is COC1CC(C)(C)Oc2ccc(I)cc21. The van der Waals surface area contributed by atoms with Gasteiger partial charge in [0.15, 0.2) is 0 Å². The molecule has 2 rings (SSSR count). The predicted octanol–water partition coefficient (Wildman–Crippen LogP) is 3.54. The average molecular weight is 318 g/mol. The topological polar surface area (TPSA) is 18.5 Å². The molecule has 1 aromatic rings. The molecule has 1 unspecified atom stereocenters. The highest BCUT2D eigenvalue weighted by Gasteiger charge is 2.33. The monoisotopic (exact) mass is 318 g/mol. The van der Waals surface area contributed by atoms with E-state index in [-0.39, 0.29) is 11.7 Å². The Bertz CT molecular complexity index is 374. The Morgan fingerprint density at radius 2 is 2.20 bits per heavy atom. The van der Waals surface area contributed by atoms with Crippen molar-refractivity contribution in [3.8, 4) is 5.75 Å². The summed E-state index contributed by atoms with van der Waals surface area (Å²) in [5.41, 5.74) is 1.03. The van der Waals surface area contributed by atoms with Crippen molar-refractivity contribution in [2.75, 3.05) is 7.11 Å². The van der Waals surface area contributed by atoms with Gasteiger partial charge in [0.2, 0.25) is 0 Å².